The molecule has 1 heterocycles. The van der Waals surface area contributed by atoms with Gasteiger partial charge in [0.2, 0.25) is 0 Å². The number of aliphatic hydroxyl groups excluding tert-OH is 1. The molecule has 1 aliphatic heterocycles. The van der Waals surface area contributed by atoms with Gasteiger partial charge in [-0.15, -0.1) is 0 Å². The molecule has 4 rings (SSSR count). The molecule has 1 saturated heterocycles. The van der Waals surface area contributed by atoms with Crippen LogP contribution in [0.1, 0.15) is 49.9 Å². The summed E-state index contributed by atoms with van der Waals surface area (Å²) in [5, 5.41) is 11.3. The second-order valence-corrected chi connectivity index (χ2v) is 9.79. The summed E-state index contributed by atoms with van der Waals surface area (Å²) in [4.78, 5) is 28.2. The molecule has 6 nitrogen and oxygen atoms in total. The lowest BCUT2D eigenvalue weighted by molar-refractivity contribution is -0.139. The molecule has 1 amide bonds. The Balaban J connectivity index is 1.72. The van der Waals surface area contributed by atoms with Gasteiger partial charge < -0.3 is 19.5 Å². The quantitative estimate of drug-likeness (QED) is 0.188. The number of rotatable bonds is 11. The van der Waals surface area contributed by atoms with E-state index in [0.29, 0.717) is 54.7 Å². The predicted molar refractivity (Wildman–Crippen MR) is 148 cm³/mol. The molecule has 198 valence electrons. The Bertz CT molecular complexity index is 1280. The number of ketones is 1. The zero-order chi connectivity index (χ0) is 27.1. The van der Waals surface area contributed by atoms with Crippen LogP contribution in [0.15, 0.2) is 84.4 Å². The van der Waals surface area contributed by atoms with Crippen LogP contribution in [0.4, 0.5) is 0 Å². The first kappa shape index (κ1) is 27.0. The van der Waals surface area contributed by atoms with Gasteiger partial charge >= 0.3 is 0 Å². The molecule has 1 unspecified atom stereocenters. The summed E-state index contributed by atoms with van der Waals surface area (Å²) in [6.45, 7) is 7.60. The summed E-state index contributed by atoms with van der Waals surface area (Å²) < 4.78 is 11.5. The fourth-order valence-electron chi connectivity index (χ4n) is 4.57. The van der Waals surface area contributed by atoms with Gasteiger partial charge in [-0.3, -0.25) is 9.59 Å². The predicted octanol–water partition coefficient (Wildman–Crippen LogP) is 6.17. The maximum atomic E-state index is 13.4. The molecule has 1 N–H and O–H groups in total. The van der Waals surface area contributed by atoms with Gasteiger partial charge in [0.25, 0.3) is 11.7 Å². The average molecular weight is 514 g/mol. The molecular weight excluding hydrogens is 478 g/mol. The number of carbonyl (C=O) groups is 2. The van der Waals surface area contributed by atoms with Crippen LogP contribution in [0.25, 0.3) is 5.76 Å². The van der Waals surface area contributed by atoms with Crippen molar-refractivity contribution in [3.8, 4) is 11.5 Å². The Morgan fingerprint density at radius 2 is 1.66 bits per heavy atom. The van der Waals surface area contributed by atoms with Crippen LogP contribution in [0.2, 0.25) is 0 Å². The van der Waals surface area contributed by atoms with Crippen LogP contribution in [-0.4, -0.2) is 41.5 Å². The molecule has 1 atom stereocenters. The van der Waals surface area contributed by atoms with E-state index in [1.54, 1.807) is 29.2 Å². The molecule has 3 aromatic rings. The van der Waals surface area contributed by atoms with Gasteiger partial charge in [0, 0.05) is 12.1 Å². The van der Waals surface area contributed by atoms with Crippen molar-refractivity contribution in [2.45, 2.75) is 39.7 Å². The van der Waals surface area contributed by atoms with E-state index in [-0.39, 0.29) is 11.3 Å². The van der Waals surface area contributed by atoms with E-state index in [4.69, 9.17) is 9.47 Å². The van der Waals surface area contributed by atoms with Crippen LogP contribution in [-0.2, 0) is 16.0 Å². The fraction of sp³-hybridized carbons (Fsp3) is 0.312. The van der Waals surface area contributed by atoms with Crippen molar-refractivity contribution in [2.24, 2.45) is 5.92 Å². The van der Waals surface area contributed by atoms with Crippen molar-refractivity contribution in [3.05, 3.63) is 101 Å². The molecule has 0 bridgehead atoms. The van der Waals surface area contributed by atoms with Gasteiger partial charge in [0.05, 0.1) is 24.8 Å². The topological polar surface area (TPSA) is 76.1 Å². The number of Topliss-reactive ketones (excluding diaryl/α,β-unsaturated/α-hetero) is 1. The standard InChI is InChI=1S/C32H35NO5/c1-4-37-26-15-13-24(14-16-26)30(34)28-29(25-11-8-12-27(21-25)38-20-18-22(2)3)33(32(36)31(28)35)19-17-23-9-6-5-7-10-23/h5-16,21-22,29,34H,4,17-20H2,1-3H3. The average Bonchev–Trinajstić information content (AvgIpc) is 3.17. The van der Waals surface area contributed by atoms with Gasteiger partial charge in [0.1, 0.15) is 17.3 Å². The van der Waals surface area contributed by atoms with Crippen LogP contribution < -0.4 is 9.47 Å². The van der Waals surface area contributed by atoms with Crippen LogP contribution in [0.5, 0.6) is 11.5 Å². The third kappa shape index (κ3) is 6.25. The second-order valence-electron chi connectivity index (χ2n) is 9.79. The van der Waals surface area contributed by atoms with Gasteiger partial charge in [-0.1, -0.05) is 56.3 Å². The monoisotopic (exact) mass is 513 g/mol. The summed E-state index contributed by atoms with van der Waals surface area (Å²) in [5.74, 6) is 0.320. The highest BCUT2D eigenvalue weighted by molar-refractivity contribution is 6.46. The Morgan fingerprint density at radius 1 is 0.921 bits per heavy atom. The maximum Gasteiger partial charge on any atom is 0.295 e. The van der Waals surface area contributed by atoms with Gasteiger partial charge in [-0.05, 0) is 73.2 Å². The number of aliphatic hydroxyl groups is 1. The largest absolute Gasteiger partial charge is 0.507 e. The van der Waals surface area contributed by atoms with Crippen molar-refractivity contribution in [1.82, 2.24) is 4.90 Å². The first-order valence-corrected chi connectivity index (χ1v) is 13.2. The number of amides is 1. The minimum absolute atomic E-state index is 0.0755. The van der Waals surface area contributed by atoms with Gasteiger partial charge in [0.15, 0.2) is 0 Å². The molecule has 0 spiro atoms. The van der Waals surface area contributed by atoms with Crippen molar-refractivity contribution in [2.75, 3.05) is 19.8 Å². The molecule has 38 heavy (non-hydrogen) atoms. The van der Waals surface area contributed by atoms with Crippen molar-refractivity contribution in [1.29, 1.82) is 0 Å². The third-order valence-electron chi connectivity index (χ3n) is 6.60. The van der Waals surface area contributed by atoms with Crippen LogP contribution >= 0.6 is 0 Å². The number of benzene rings is 3. The highest BCUT2D eigenvalue weighted by atomic mass is 16.5. The number of hydrogen-bond donors (Lipinski definition) is 1. The molecule has 3 aromatic carbocycles. The smallest absolute Gasteiger partial charge is 0.295 e. The highest BCUT2D eigenvalue weighted by Crippen LogP contribution is 2.40. The molecule has 0 radical (unpaired) electrons. The van der Waals surface area contributed by atoms with Gasteiger partial charge in [-0.25, -0.2) is 0 Å². The van der Waals surface area contributed by atoms with Crippen molar-refractivity contribution < 1.29 is 24.2 Å². The van der Waals surface area contributed by atoms with E-state index in [1.165, 1.54) is 0 Å². The zero-order valence-electron chi connectivity index (χ0n) is 22.2. The number of hydrogen-bond acceptors (Lipinski definition) is 5. The summed E-state index contributed by atoms with van der Waals surface area (Å²) >= 11 is 0. The lowest BCUT2D eigenvalue weighted by Crippen LogP contribution is -2.31. The molecule has 0 aliphatic carbocycles. The lowest BCUT2D eigenvalue weighted by atomic mass is 9.95. The fourth-order valence-corrected chi connectivity index (χ4v) is 4.57. The van der Waals surface area contributed by atoms with E-state index in [1.807, 2.05) is 61.5 Å². The molecule has 0 saturated carbocycles. The molecule has 1 aliphatic rings. The normalized spacial score (nSPS) is 16.7. The summed E-state index contributed by atoms with van der Waals surface area (Å²) in [6, 6.07) is 23.4. The maximum absolute atomic E-state index is 13.4. The summed E-state index contributed by atoms with van der Waals surface area (Å²) in [5.41, 5.74) is 2.30. The first-order chi connectivity index (χ1) is 18.4. The van der Waals surface area contributed by atoms with E-state index < -0.39 is 17.7 Å². The van der Waals surface area contributed by atoms with E-state index in [2.05, 4.69) is 13.8 Å². The Hall–Kier alpha value is -4.06. The van der Waals surface area contributed by atoms with E-state index >= 15 is 0 Å². The lowest BCUT2D eigenvalue weighted by Gasteiger charge is -2.26. The van der Waals surface area contributed by atoms with Crippen LogP contribution in [0, 0.1) is 5.92 Å². The van der Waals surface area contributed by atoms with Gasteiger partial charge in [-0.2, -0.15) is 0 Å². The molecular formula is C32H35NO5. The summed E-state index contributed by atoms with van der Waals surface area (Å²) in [7, 11) is 0. The summed E-state index contributed by atoms with van der Waals surface area (Å²) in [6.07, 6.45) is 1.50. The van der Waals surface area contributed by atoms with E-state index in [9.17, 15) is 14.7 Å². The molecule has 0 aromatic heterocycles. The number of likely N-dealkylation sites (tertiary alicyclic amines) is 1. The third-order valence-corrected chi connectivity index (χ3v) is 6.60. The minimum Gasteiger partial charge on any atom is -0.507 e. The Labute approximate surface area is 224 Å². The SMILES string of the molecule is CCOc1ccc(C(O)=C2C(=O)C(=O)N(CCc3ccccc3)C2c2cccc(OCCC(C)C)c2)cc1. The Kier molecular flexibility index (Phi) is 8.85. The number of nitrogens with zero attached hydrogens (tertiary/aromatic N) is 1. The van der Waals surface area contributed by atoms with E-state index in [0.717, 1.165) is 12.0 Å². The molecule has 1 fully saturated rings. The minimum atomic E-state index is -0.737. The Morgan fingerprint density at radius 3 is 2.34 bits per heavy atom. The number of ether oxygens (including phenoxy) is 2. The zero-order valence-corrected chi connectivity index (χ0v) is 22.2. The van der Waals surface area contributed by atoms with Crippen molar-refractivity contribution >= 4 is 17.4 Å². The van der Waals surface area contributed by atoms with Crippen LogP contribution in [0.3, 0.4) is 0 Å². The highest BCUT2D eigenvalue weighted by Gasteiger charge is 2.46. The molecule has 6 heteroatoms. The number of carbonyl (C=O) groups excluding carboxylic acids is 2. The first-order valence-electron chi connectivity index (χ1n) is 13.2. The van der Waals surface area contributed by atoms with Crippen molar-refractivity contribution in [3.63, 3.8) is 0 Å². The second kappa shape index (κ2) is 12.5.